The number of ether oxygens (including phenoxy) is 1. The molecule has 0 aliphatic carbocycles. The molecule has 0 radical (unpaired) electrons. The van der Waals surface area contributed by atoms with Crippen molar-refractivity contribution in [3.63, 3.8) is 0 Å². The number of aliphatic hydroxyl groups excluding tert-OH is 1. The van der Waals surface area contributed by atoms with Crippen molar-refractivity contribution in [2.75, 3.05) is 12.8 Å². The molecule has 0 fully saturated rings. The van der Waals surface area contributed by atoms with Crippen LogP contribution in [0.1, 0.15) is 31.4 Å². The van der Waals surface area contributed by atoms with E-state index < -0.39 is 14.3 Å². The van der Waals surface area contributed by atoms with Crippen LogP contribution < -0.4 is 9.61 Å². The minimum absolute atomic E-state index is 0.0480. The van der Waals surface area contributed by atoms with E-state index >= 15 is 0 Å². The van der Waals surface area contributed by atoms with Crippen LogP contribution in [0.15, 0.2) is 66.2 Å². The molecule has 6 heteroatoms. The highest BCUT2D eigenvalue weighted by molar-refractivity contribution is 7.50. The van der Waals surface area contributed by atoms with Gasteiger partial charge in [-0.3, -0.25) is 9.88 Å². The van der Waals surface area contributed by atoms with Gasteiger partial charge in [-0.05, 0) is 44.9 Å². The fourth-order valence-corrected chi connectivity index (χ4v) is 4.03. The molecule has 0 heterocycles. The second kappa shape index (κ2) is 12.4. The Morgan fingerprint density at radius 3 is 2.52 bits per heavy atom. The van der Waals surface area contributed by atoms with Gasteiger partial charge in [-0.2, -0.15) is 0 Å². The lowest BCUT2D eigenvalue weighted by molar-refractivity contribution is -0.146. The van der Waals surface area contributed by atoms with Crippen LogP contribution in [-0.2, 0) is 16.1 Å². The summed E-state index contributed by atoms with van der Waals surface area (Å²) in [7, 11) is -1.10. The molecule has 2 aromatic carbocycles. The van der Waals surface area contributed by atoms with Gasteiger partial charge in [0.05, 0.1) is 6.61 Å². The predicted octanol–water partition coefficient (Wildman–Crippen LogP) is 4.74. The maximum atomic E-state index is 12.4. The number of aliphatic hydroxyl groups is 1. The smallest absolute Gasteiger partial charge is 0.323 e. The monoisotopic (exact) mass is 415 g/mol. The van der Waals surface area contributed by atoms with E-state index in [2.05, 4.69) is 5.09 Å². The Balaban J connectivity index is 1.94. The molecule has 156 valence electrons. The number of carbonyl (C=O) groups excluding carboxylic acids is 1. The van der Waals surface area contributed by atoms with Crippen LogP contribution in [0.4, 0.5) is 0 Å². The van der Waals surface area contributed by atoms with Gasteiger partial charge in [0.15, 0.2) is 8.30 Å². The first-order chi connectivity index (χ1) is 14.0. The summed E-state index contributed by atoms with van der Waals surface area (Å²) >= 11 is 0. The second-order valence-electron chi connectivity index (χ2n) is 6.95. The van der Waals surface area contributed by atoms with Gasteiger partial charge in [-0.25, -0.2) is 0 Å². The summed E-state index contributed by atoms with van der Waals surface area (Å²) in [5.74, 6) is 0.456. The summed E-state index contributed by atoms with van der Waals surface area (Å²) in [4.78, 5) is 12.4. The number of allylic oxidation sites excluding steroid dienone is 1. The molecule has 2 rings (SSSR count). The fraction of sp³-hybridized carbons (Fsp3) is 0.348. The number of hydrogen-bond acceptors (Lipinski definition) is 5. The Morgan fingerprint density at radius 2 is 1.86 bits per heavy atom. The van der Waals surface area contributed by atoms with Crippen molar-refractivity contribution in [1.82, 2.24) is 5.09 Å². The van der Waals surface area contributed by atoms with Crippen molar-refractivity contribution in [2.45, 2.75) is 39.8 Å². The lowest BCUT2D eigenvalue weighted by Crippen LogP contribution is -2.33. The Morgan fingerprint density at radius 1 is 1.17 bits per heavy atom. The van der Waals surface area contributed by atoms with Gasteiger partial charge in [0, 0.05) is 6.16 Å². The van der Waals surface area contributed by atoms with Gasteiger partial charge in [0.2, 0.25) is 0 Å². The zero-order valence-electron chi connectivity index (χ0n) is 17.3. The molecule has 2 unspecified atom stereocenters. The van der Waals surface area contributed by atoms with Crippen molar-refractivity contribution in [3.8, 4) is 5.75 Å². The van der Waals surface area contributed by atoms with Crippen molar-refractivity contribution in [2.24, 2.45) is 0 Å². The van der Waals surface area contributed by atoms with E-state index in [-0.39, 0.29) is 19.2 Å². The van der Waals surface area contributed by atoms with Gasteiger partial charge in [0.1, 0.15) is 18.4 Å². The van der Waals surface area contributed by atoms with Gasteiger partial charge >= 0.3 is 5.97 Å². The van der Waals surface area contributed by atoms with E-state index in [1.54, 1.807) is 6.92 Å². The summed E-state index contributed by atoms with van der Waals surface area (Å²) < 4.78 is 11.5. The number of rotatable bonds is 11. The number of carbonyl (C=O) groups is 1. The van der Waals surface area contributed by atoms with Crippen LogP contribution in [0.5, 0.6) is 5.75 Å². The Bertz CT molecular complexity index is 777. The summed E-state index contributed by atoms with van der Waals surface area (Å²) in [5, 5.41) is 12.4. The van der Waals surface area contributed by atoms with Crippen LogP contribution >= 0.6 is 8.30 Å². The molecular weight excluding hydrogens is 385 g/mol. The Hall–Kier alpha value is -2.20. The zero-order valence-corrected chi connectivity index (χ0v) is 18.2. The van der Waals surface area contributed by atoms with Crippen molar-refractivity contribution >= 4 is 14.3 Å². The van der Waals surface area contributed by atoms with Gasteiger partial charge in [-0.1, -0.05) is 59.7 Å². The second-order valence-corrected chi connectivity index (χ2v) is 8.59. The maximum Gasteiger partial charge on any atom is 0.323 e. The average Bonchev–Trinajstić information content (AvgIpc) is 2.74. The summed E-state index contributed by atoms with van der Waals surface area (Å²) in [6.45, 7) is 6.00. The molecule has 0 saturated heterocycles. The van der Waals surface area contributed by atoms with Crippen LogP contribution in [-0.4, -0.2) is 29.9 Å². The first-order valence-electron chi connectivity index (χ1n) is 9.73. The molecule has 2 aromatic rings. The molecule has 5 nitrogen and oxygen atoms in total. The Labute approximate surface area is 174 Å². The fourth-order valence-electron chi connectivity index (χ4n) is 2.48. The third kappa shape index (κ3) is 8.78. The first kappa shape index (κ1) is 23.1. The topological polar surface area (TPSA) is 67.8 Å². The lowest BCUT2D eigenvalue weighted by Gasteiger charge is -2.22. The number of hydrogen-bond donors (Lipinski definition) is 2. The largest absolute Gasteiger partial charge is 0.460 e. The molecule has 2 atom stereocenters. The third-order valence-electron chi connectivity index (χ3n) is 4.23. The summed E-state index contributed by atoms with van der Waals surface area (Å²) in [6, 6.07) is 17.0. The average molecular weight is 415 g/mol. The molecule has 0 amide bonds. The van der Waals surface area contributed by atoms with Crippen LogP contribution in [0, 0.1) is 6.92 Å². The number of esters is 1. The molecule has 0 aliphatic rings. The molecule has 0 bridgehead atoms. The highest BCUT2D eigenvalue weighted by Gasteiger charge is 2.21. The maximum absolute atomic E-state index is 12.4. The van der Waals surface area contributed by atoms with E-state index in [9.17, 15) is 4.79 Å². The minimum Gasteiger partial charge on any atom is -0.460 e. The summed E-state index contributed by atoms with van der Waals surface area (Å²) in [6.07, 6.45) is 3.47. The van der Waals surface area contributed by atoms with Crippen molar-refractivity contribution < 1.29 is 19.2 Å². The number of aryl methyl sites for hydroxylation is 1. The van der Waals surface area contributed by atoms with Crippen molar-refractivity contribution in [3.05, 3.63) is 77.4 Å². The molecule has 0 spiro atoms. The standard InChI is InChI=1S/C23H30NO4P/c1-18-11-13-22(14-12-18)28-29(15-7-8-19(2)16-25)24-20(3)23(26)27-17-21-9-5-4-6-10-21/h4-6,8-14,20,24-25H,7,15-17H2,1-3H3/b19-8+. The normalized spacial score (nSPS) is 13.6. The molecule has 0 aromatic heterocycles. The highest BCUT2D eigenvalue weighted by Crippen LogP contribution is 2.36. The third-order valence-corrected chi connectivity index (χ3v) is 6.00. The van der Waals surface area contributed by atoms with E-state index in [1.807, 2.05) is 74.5 Å². The van der Waals surface area contributed by atoms with E-state index in [1.165, 1.54) is 0 Å². The molecule has 2 N–H and O–H groups in total. The Kier molecular flexibility index (Phi) is 9.85. The summed E-state index contributed by atoms with van der Waals surface area (Å²) in [5.41, 5.74) is 3.04. The minimum atomic E-state index is -1.10. The molecular formula is C23H30NO4P. The molecule has 0 saturated carbocycles. The number of nitrogens with one attached hydrogen (secondary N) is 1. The van der Waals surface area contributed by atoms with Crippen molar-refractivity contribution in [1.29, 1.82) is 0 Å². The van der Waals surface area contributed by atoms with Gasteiger partial charge in [-0.15, -0.1) is 0 Å². The predicted molar refractivity (Wildman–Crippen MR) is 118 cm³/mol. The van der Waals surface area contributed by atoms with Crippen LogP contribution in [0.2, 0.25) is 0 Å². The zero-order chi connectivity index (χ0) is 21.1. The quantitative estimate of drug-likeness (QED) is 0.315. The molecule has 0 aliphatic heterocycles. The van der Waals surface area contributed by atoms with E-state index in [0.29, 0.717) is 0 Å². The highest BCUT2D eigenvalue weighted by atomic mass is 31.2. The van der Waals surface area contributed by atoms with E-state index in [0.717, 1.165) is 35.0 Å². The SMILES string of the molecule is C/C(=C\CCP(NC(C)C(=O)OCc1ccccc1)Oc1ccc(C)cc1)CO. The molecule has 29 heavy (non-hydrogen) atoms. The van der Waals surface area contributed by atoms with E-state index in [4.69, 9.17) is 14.4 Å². The first-order valence-corrected chi connectivity index (χ1v) is 11.2. The van der Waals surface area contributed by atoms with Crippen LogP contribution in [0.3, 0.4) is 0 Å². The van der Waals surface area contributed by atoms with Gasteiger partial charge in [0.25, 0.3) is 0 Å². The van der Waals surface area contributed by atoms with Gasteiger partial charge < -0.3 is 14.4 Å². The van der Waals surface area contributed by atoms with Crippen LogP contribution in [0.25, 0.3) is 0 Å². The lowest BCUT2D eigenvalue weighted by atomic mass is 10.2. The number of benzene rings is 2.